The van der Waals surface area contributed by atoms with E-state index in [1.807, 2.05) is 0 Å². The summed E-state index contributed by atoms with van der Waals surface area (Å²) in [5, 5.41) is 0. The van der Waals surface area contributed by atoms with E-state index in [0.29, 0.717) is 5.75 Å². The zero-order valence-electron chi connectivity index (χ0n) is 38.1. The molecule has 0 radical (unpaired) electrons. The Balaban J connectivity index is 2.26. The van der Waals surface area contributed by atoms with Crippen molar-refractivity contribution in [2.24, 2.45) is 0 Å². The highest BCUT2D eigenvalue weighted by atomic mass is 32.2. The van der Waals surface area contributed by atoms with Gasteiger partial charge in [-0.15, -0.1) is 11.8 Å². The van der Waals surface area contributed by atoms with E-state index in [0.717, 1.165) is 60.3 Å². The molecule has 0 amide bonds. The molecule has 2 rings (SSSR count). The molecule has 0 unspecified atom stereocenters. The quantitative estimate of drug-likeness (QED) is 0.0439. The molecule has 2 saturated heterocycles. The minimum Gasteiger partial charge on any atom is -0.463 e. The summed E-state index contributed by atoms with van der Waals surface area (Å²) >= 11 is 1.34. The van der Waals surface area contributed by atoms with E-state index in [1.54, 1.807) is 0 Å². The normalized spacial score (nSPS) is 25.8. The van der Waals surface area contributed by atoms with Crippen molar-refractivity contribution in [1.29, 1.82) is 0 Å². The second-order valence-electron chi connectivity index (χ2n) is 15.8. The predicted molar refractivity (Wildman–Crippen MR) is 225 cm³/mol. The van der Waals surface area contributed by atoms with Gasteiger partial charge in [-0.2, -0.15) is 0 Å². The molecule has 0 bridgehead atoms. The Hall–Kier alpha value is -3.48. The zero-order valence-corrected chi connectivity index (χ0v) is 38.9. The summed E-state index contributed by atoms with van der Waals surface area (Å²) in [5.41, 5.74) is -0.921. The summed E-state index contributed by atoms with van der Waals surface area (Å²) < 4.78 is 57.6. The lowest BCUT2D eigenvalue weighted by atomic mass is 9.96. The fourth-order valence-electron chi connectivity index (χ4n) is 7.46. The van der Waals surface area contributed by atoms with Crippen molar-refractivity contribution in [3.05, 3.63) is 0 Å². The van der Waals surface area contributed by atoms with Gasteiger partial charge in [0, 0.05) is 48.5 Å². The molecule has 0 aliphatic carbocycles. The standard InChI is InChI=1S/C44H72O17S/c1-9-10-11-12-13-14-15-16-17-18-19-20-21-22-23-24-25-62-44-42(58-34(8)51)40(56-32(6)49)38(36(60-44)27-53-29(3)46)61-43-41(57-33(7)50)39(55-31(5)48)37(54-30(4)47)35(59-43)26-52-28(2)45/h35-44H,9-27H2,1-8H3/t35-,36-,37+,38-,39+,40+,41-,42-,43+,44+/m1/s1. The SMILES string of the molecule is CCCCCCCCCCCCCCCCCCS[C@@H]1O[C@H](COC(C)=O)[C@@H](O[C@@H]2O[C@H](COC(C)=O)[C@H](OC(C)=O)[C@H](OC(C)=O)[C@H]2OC(C)=O)[C@H](OC(C)=O)[C@H]1OC(C)=O. The Kier molecular flexibility index (Phi) is 27.0. The van der Waals surface area contributed by atoms with E-state index in [2.05, 4.69) is 6.92 Å². The van der Waals surface area contributed by atoms with E-state index in [4.69, 9.17) is 47.4 Å². The summed E-state index contributed by atoms with van der Waals surface area (Å²) in [6.07, 6.45) is 6.52. The second-order valence-corrected chi connectivity index (χ2v) is 17.0. The Morgan fingerprint density at radius 3 is 1.18 bits per heavy atom. The molecule has 356 valence electrons. The zero-order chi connectivity index (χ0) is 46.0. The topological polar surface area (TPSA) is 212 Å². The first-order chi connectivity index (χ1) is 29.5. The monoisotopic (exact) mass is 904 g/mol. The lowest BCUT2D eigenvalue weighted by molar-refractivity contribution is -0.341. The van der Waals surface area contributed by atoms with Crippen molar-refractivity contribution in [2.75, 3.05) is 19.0 Å². The van der Waals surface area contributed by atoms with Crippen molar-refractivity contribution in [2.45, 2.75) is 219 Å². The van der Waals surface area contributed by atoms with Crippen LogP contribution < -0.4 is 0 Å². The number of rotatable bonds is 29. The molecular weight excluding hydrogens is 833 g/mol. The molecule has 0 N–H and O–H groups in total. The van der Waals surface area contributed by atoms with Crippen LogP contribution in [0.4, 0.5) is 0 Å². The lowest BCUT2D eigenvalue weighted by Gasteiger charge is -2.48. The first-order valence-electron chi connectivity index (χ1n) is 22.2. The van der Waals surface area contributed by atoms with Crippen LogP contribution >= 0.6 is 11.8 Å². The van der Waals surface area contributed by atoms with Crippen LogP contribution in [0.15, 0.2) is 0 Å². The first-order valence-corrected chi connectivity index (χ1v) is 23.3. The van der Waals surface area contributed by atoms with Crippen molar-refractivity contribution in [3.63, 3.8) is 0 Å². The molecule has 2 heterocycles. The molecule has 2 fully saturated rings. The van der Waals surface area contributed by atoms with Crippen molar-refractivity contribution >= 4 is 53.5 Å². The average Bonchev–Trinajstić information content (AvgIpc) is 3.17. The van der Waals surface area contributed by atoms with Crippen molar-refractivity contribution in [3.8, 4) is 0 Å². The van der Waals surface area contributed by atoms with Crippen LogP contribution in [0.3, 0.4) is 0 Å². The second kappa shape index (κ2) is 30.6. The van der Waals surface area contributed by atoms with Crippen LogP contribution in [0, 0.1) is 0 Å². The average molecular weight is 905 g/mol. The molecule has 0 spiro atoms. The number of hydrogen-bond acceptors (Lipinski definition) is 18. The number of carbonyl (C=O) groups excluding carboxylic acids is 7. The molecular formula is C44H72O17S. The number of hydrogen-bond donors (Lipinski definition) is 0. The number of thioether (sulfide) groups is 1. The van der Waals surface area contributed by atoms with Crippen LogP contribution in [-0.4, -0.2) is 121 Å². The van der Waals surface area contributed by atoms with Gasteiger partial charge in [-0.3, -0.25) is 33.6 Å². The van der Waals surface area contributed by atoms with Crippen molar-refractivity contribution < 1.29 is 80.9 Å². The summed E-state index contributed by atoms with van der Waals surface area (Å²) in [6, 6.07) is 0. The van der Waals surface area contributed by atoms with Gasteiger partial charge in [-0.05, 0) is 12.2 Å². The molecule has 2 aliphatic rings. The van der Waals surface area contributed by atoms with Crippen LogP contribution in [0.1, 0.15) is 158 Å². The van der Waals surface area contributed by atoms with Crippen LogP contribution in [-0.2, 0) is 80.9 Å². The smallest absolute Gasteiger partial charge is 0.303 e. The van der Waals surface area contributed by atoms with Gasteiger partial charge in [0.25, 0.3) is 0 Å². The van der Waals surface area contributed by atoms with E-state index in [9.17, 15) is 33.6 Å². The van der Waals surface area contributed by atoms with Gasteiger partial charge in [-0.25, -0.2) is 0 Å². The molecule has 0 aromatic heterocycles. The number of unbranched alkanes of at least 4 members (excludes halogenated alkanes) is 15. The van der Waals surface area contributed by atoms with E-state index < -0.39 is 116 Å². The van der Waals surface area contributed by atoms with Gasteiger partial charge in [0.05, 0.1) is 0 Å². The van der Waals surface area contributed by atoms with E-state index >= 15 is 0 Å². The van der Waals surface area contributed by atoms with Gasteiger partial charge in [0.15, 0.2) is 36.8 Å². The Morgan fingerprint density at radius 2 is 0.758 bits per heavy atom. The highest BCUT2D eigenvalue weighted by Crippen LogP contribution is 2.38. The first kappa shape index (κ1) is 54.7. The molecule has 0 aromatic carbocycles. The fraction of sp³-hybridized carbons (Fsp3) is 0.841. The third-order valence-electron chi connectivity index (χ3n) is 10.2. The molecule has 10 atom stereocenters. The molecule has 62 heavy (non-hydrogen) atoms. The number of ether oxygens (including phenoxy) is 10. The Morgan fingerprint density at radius 1 is 0.403 bits per heavy atom. The number of carbonyl (C=O) groups is 7. The Labute approximate surface area is 371 Å². The third-order valence-corrected chi connectivity index (χ3v) is 11.4. The highest BCUT2D eigenvalue weighted by Gasteiger charge is 2.57. The third kappa shape index (κ3) is 21.7. The maximum atomic E-state index is 12.7. The lowest BCUT2D eigenvalue weighted by Crippen LogP contribution is -2.66. The van der Waals surface area contributed by atoms with Gasteiger partial charge >= 0.3 is 41.8 Å². The van der Waals surface area contributed by atoms with E-state index in [-0.39, 0.29) is 0 Å². The number of esters is 7. The van der Waals surface area contributed by atoms with Gasteiger partial charge in [0.1, 0.15) is 37.0 Å². The van der Waals surface area contributed by atoms with Gasteiger partial charge in [-0.1, -0.05) is 103 Å². The maximum absolute atomic E-state index is 12.7. The summed E-state index contributed by atoms with van der Waals surface area (Å²) in [4.78, 5) is 86.4. The summed E-state index contributed by atoms with van der Waals surface area (Å²) in [5.74, 6) is -4.84. The van der Waals surface area contributed by atoms with Crippen LogP contribution in [0.25, 0.3) is 0 Å². The molecule has 2 aliphatic heterocycles. The van der Waals surface area contributed by atoms with Gasteiger partial charge in [0.2, 0.25) is 0 Å². The Bertz CT molecular complexity index is 1390. The highest BCUT2D eigenvalue weighted by molar-refractivity contribution is 7.99. The summed E-state index contributed by atoms with van der Waals surface area (Å²) in [7, 11) is 0. The minimum absolute atomic E-state index is 0.425. The molecule has 0 aromatic rings. The maximum Gasteiger partial charge on any atom is 0.303 e. The van der Waals surface area contributed by atoms with Crippen LogP contribution in [0.5, 0.6) is 0 Å². The van der Waals surface area contributed by atoms with Crippen molar-refractivity contribution in [1.82, 2.24) is 0 Å². The van der Waals surface area contributed by atoms with Gasteiger partial charge < -0.3 is 47.4 Å². The molecule has 17 nitrogen and oxygen atoms in total. The fourth-order valence-corrected chi connectivity index (χ4v) is 8.68. The molecule has 0 saturated carbocycles. The predicted octanol–water partition coefficient (Wildman–Crippen LogP) is 6.60. The summed E-state index contributed by atoms with van der Waals surface area (Å²) in [6.45, 7) is 9.17. The molecule has 18 heteroatoms. The largest absolute Gasteiger partial charge is 0.463 e. The minimum atomic E-state index is -1.73. The van der Waals surface area contributed by atoms with E-state index in [1.165, 1.54) is 103 Å². The van der Waals surface area contributed by atoms with Crippen LogP contribution in [0.2, 0.25) is 0 Å².